The van der Waals surface area contributed by atoms with Crippen LogP contribution in [0.5, 0.6) is 0 Å². The van der Waals surface area contributed by atoms with Crippen LogP contribution in [0.3, 0.4) is 0 Å². The Morgan fingerprint density at radius 3 is 2.50 bits per heavy atom. The first-order chi connectivity index (χ1) is 14.2. The molecular formula is C22H34IN5O2. The van der Waals surface area contributed by atoms with Crippen LogP contribution in [-0.4, -0.2) is 30.1 Å². The molecular weight excluding hydrogens is 493 g/mol. The average molecular weight is 527 g/mol. The van der Waals surface area contributed by atoms with Crippen LogP contribution in [0, 0.1) is 0 Å². The molecule has 0 aliphatic carbocycles. The molecule has 3 N–H and O–H groups in total. The minimum atomic E-state index is 0. The van der Waals surface area contributed by atoms with Crippen molar-refractivity contribution < 1.29 is 9.32 Å². The fourth-order valence-electron chi connectivity index (χ4n) is 2.98. The largest absolute Gasteiger partial charge is 0.359 e. The fourth-order valence-corrected chi connectivity index (χ4v) is 2.98. The predicted molar refractivity (Wildman–Crippen MR) is 131 cm³/mol. The molecule has 0 aliphatic heterocycles. The van der Waals surface area contributed by atoms with E-state index in [4.69, 9.17) is 4.52 Å². The fraction of sp³-hybridized carbons (Fsp3) is 0.500. The summed E-state index contributed by atoms with van der Waals surface area (Å²) in [5.74, 6) is 1.83. The van der Waals surface area contributed by atoms with Gasteiger partial charge in [-0.15, -0.1) is 24.0 Å². The zero-order valence-electron chi connectivity index (χ0n) is 18.1. The van der Waals surface area contributed by atoms with Gasteiger partial charge >= 0.3 is 0 Å². The molecule has 1 amide bonds. The number of amides is 1. The molecule has 30 heavy (non-hydrogen) atoms. The van der Waals surface area contributed by atoms with Gasteiger partial charge in [0.2, 0.25) is 5.91 Å². The van der Waals surface area contributed by atoms with E-state index >= 15 is 0 Å². The Bertz CT molecular complexity index is 760. The van der Waals surface area contributed by atoms with Gasteiger partial charge in [0.1, 0.15) is 6.54 Å². The van der Waals surface area contributed by atoms with Crippen LogP contribution < -0.4 is 16.0 Å². The molecule has 8 heteroatoms. The molecule has 0 saturated heterocycles. The lowest BCUT2D eigenvalue weighted by Gasteiger charge is -2.11. The van der Waals surface area contributed by atoms with E-state index in [0.29, 0.717) is 37.9 Å². The van der Waals surface area contributed by atoms with Crippen LogP contribution >= 0.6 is 24.0 Å². The van der Waals surface area contributed by atoms with Crippen LogP contribution in [0.1, 0.15) is 63.0 Å². The van der Waals surface area contributed by atoms with Gasteiger partial charge in [0.15, 0.2) is 11.7 Å². The summed E-state index contributed by atoms with van der Waals surface area (Å²) in [5.41, 5.74) is 2.08. The summed E-state index contributed by atoms with van der Waals surface area (Å²) in [5, 5.41) is 13.5. The quantitative estimate of drug-likeness (QED) is 0.234. The summed E-state index contributed by atoms with van der Waals surface area (Å²) in [7, 11) is 0. The number of guanidine groups is 1. The molecule has 0 saturated carbocycles. The average Bonchev–Trinajstić information content (AvgIpc) is 3.21. The second kappa shape index (κ2) is 14.8. The highest BCUT2D eigenvalue weighted by molar-refractivity contribution is 14.0. The van der Waals surface area contributed by atoms with Crippen molar-refractivity contribution in [2.45, 2.75) is 59.0 Å². The monoisotopic (exact) mass is 527 g/mol. The predicted octanol–water partition coefficient (Wildman–Crippen LogP) is 3.96. The van der Waals surface area contributed by atoms with Crippen LogP contribution in [0.25, 0.3) is 0 Å². The molecule has 0 bridgehead atoms. The van der Waals surface area contributed by atoms with E-state index in [0.717, 1.165) is 36.4 Å². The highest BCUT2D eigenvalue weighted by atomic mass is 127. The van der Waals surface area contributed by atoms with Crippen molar-refractivity contribution in [3.05, 3.63) is 53.4 Å². The van der Waals surface area contributed by atoms with E-state index in [9.17, 15) is 4.79 Å². The molecule has 0 radical (unpaired) electrons. The molecule has 0 spiro atoms. The number of aliphatic imine (C=N–C) groups is 1. The molecule has 0 aliphatic rings. The number of hydrogen-bond donors (Lipinski definition) is 3. The SMILES string of the molecule is CCNC(=NCc1cc(C(CC)CC)no1)NCCC(=O)NCc1ccccc1.I. The van der Waals surface area contributed by atoms with Crippen molar-refractivity contribution in [3.8, 4) is 0 Å². The number of benzene rings is 1. The molecule has 1 aromatic heterocycles. The Labute approximate surface area is 196 Å². The van der Waals surface area contributed by atoms with E-state index in [-0.39, 0.29) is 29.9 Å². The smallest absolute Gasteiger partial charge is 0.222 e. The van der Waals surface area contributed by atoms with Crippen molar-refractivity contribution in [2.24, 2.45) is 4.99 Å². The normalized spacial score (nSPS) is 11.1. The number of nitrogens with zero attached hydrogens (tertiary/aromatic N) is 2. The lowest BCUT2D eigenvalue weighted by atomic mass is 9.99. The number of aromatic nitrogens is 1. The number of carbonyl (C=O) groups excluding carboxylic acids is 1. The topological polar surface area (TPSA) is 91.6 Å². The first-order valence-corrected chi connectivity index (χ1v) is 10.4. The van der Waals surface area contributed by atoms with Gasteiger partial charge in [-0.2, -0.15) is 0 Å². The Hall–Kier alpha value is -2.10. The molecule has 0 unspecified atom stereocenters. The van der Waals surface area contributed by atoms with E-state index in [2.05, 4.69) is 39.9 Å². The standard InChI is InChI=1S/C22H33N5O2.HI/c1-4-18(5-2)20-14-19(29-27-20)16-26-22(23-6-3)24-13-12-21(28)25-15-17-10-8-7-9-11-17;/h7-11,14,18H,4-6,12-13,15-16H2,1-3H3,(H,25,28)(H2,23,24,26);1H. The zero-order valence-corrected chi connectivity index (χ0v) is 20.4. The molecule has 1 heterocycles. The lowest BCUT2D eigenvalue weighted by molar-refractivity contribution is -0.121. The first-order valence-electron chi connectivity index (χ1n) is 10.4. The van der Waals surface area contributed by atoms with Crippen molar-refractivity contribution in [3.63, 3.8) is 0 Å². The second-order valence-electron chi connectivity index (χ2n) is 6.87. The molecule has 0 atom stereocenters. The third-order valence-corrected chi connectivity index (χ3v) is 4.70. The Kier molecular flexibility index (Phi) is 12.8. The van der Waals surface area contributed by atoms with Crippen LogP contribution in [0.15, 0.2) is 45.9 Å². The zero-order chi connectivity index (χ0) is 20.9. The van der Waals surface area contributed by atoms with Gasteiger partial charge in [0.25, 0.3) is 0 Å². The number of nitrogens with one attached hydrogen (secondary N) is 3. The van der Waals surface area contributed by atoms with Gasteiger partial charge in [0, 0.05) is 38.0 Å². The number of halogens is 1. The third kappa shape index (κ3) is 9.15. The maximum Gasteiger partial charge on any atom is 0.222 e. The summed E-state index contributed by atoms with van der Waals surface area (Å²) in [6, 6.07) is 11.9. The van der Waals surface area contributed by atoms with E-state index in [1.54, 1.807) is 0 Å². The Balaban J connectivity index is 0.00000450. The van der Waals surface area contributed by atoms with Gasteiger partial charge in [-0.1, -0.05) is 49.3 Å². The van der Waals surface area contributed by atoms with Crippen molar-refractivity contribution in [1.29, 1.82) is 0 Å². The number of rotatable bonds is 11. The molecule has 7 nitrogen and oxygen atoms in total. The third-order valence-electron chi connectivity index (χ3n) is 4.70. The highest BCUT2D eigenvalue weighted by Gasteiger charge is 2.12. The summed E-state index contributed by atoms with van der Waals surface area (Å²) in [6.07, 6.45) is 2.46. The molecule has 0 fully saturated rings. The minimum Gasteiger partial charge on any atom is -0.359 e. The summed E-state index contributed by atoms with van der Waals surface area (Å²) < 4.78 is 5.42. The van der Waals surface area contributed by atoms with Crippen LogP contribution in [0.2, 0.25) is 0 Å². The van der Waals surface area contributed by atoms with Gasteiger partial charge in [-0.05, 0) is 25.3 Å². The highest BCUT2D eigenvalue weighted by Crippen LogP contribution is 2.22. The van der Waals surface area contributed by atoms with E-state index in [1.165, 1.54) is 0 Å². The van der Waals surface area contributed by atoms with Gasteiger partial charge in [-0.3, -0.25) is 4.79 Å². The molecule has 1 aromatic carbocycles. The maximum atomic E-state index is 12.0. The second-order valence-corrected chi connectivity index (χ2v) is 6.87. The Morgan fingerprint density at radius 2 is 1.83 bits per heavy atom. The molecule has 2 aromatic rings. The minimum absolute atomic E-state index is 0. The van der Waals surface area contributed by atoms with Gasteiger partial charge < -0.3 is 20.5 Å². The lowest BCUT2D eigenvalue weighted by Crippen LogP contribution is -2.39. The molecule has 166 valence electrons. The maximum absolute atomic E-state index is 12.0. The molecule has 2 rings (SSSR count). The first kappa shape index (κ1) is 25.9. The number of carbonyl (C=O) groups is 1. The summed E-state index contributed by atoms with van der Waals surface area (Å²) >= 11 is 0. The van der Waals surface area contributed by atoms with Crippen LogP contribution in [0.4, 0.5) is 0 Å². The summed E-state index contributed by atoms with van der Waals surface area (Å²) in [4.78, 5) is 16.6. The van der Waals surface area contributed by atoms with Crippen LogP contribution in [-0.2, 0) is 17.9 Å². The van der Waals surface area contributed by atoms with E-state index < -0.39 is 0 Å². The van der Waals surface area contributed by atoms with Crippen molar-refractivity contribution in [2.75, 3.05) is 13.1 Å². The summed E-state index contributed by atoms with van der Waals surface area (Å²) in [6.45, 7) is 8.50. The van der Waals surface area contributed by atoms with Gasteiger partial charge in [0.05, 0.1) is 5.69 Å². The number of hydrogen-bond acceptors (Lipinski definition) is 4. The Morgan fingerprint density at radius 1 is 1.10 bits per heavy atom. The van der Waals surface area contributed by atoms with Gasteiger partial charge in [-0.25, -0.2) is 4.99 Å². The van der Waals surface area contributed by atoms with Crippen molar-refractivity contribution in [1.82, 2.24) is 21.1 Å². The van der Waals surface area contributed by atoms with E-state index in [1.807, 2.05) is 43.3 Å². The van der Waals surface area contributed by atoms with Crippen molar-refractivity contribution >= 4 is 35.8 Å².